The fourth-order valence-corrected chi connectivity index (χ4v) is 3.54. The van der Waals surface area contributed by atoms with Crippen molar-refractivity contribution in [1.29, 1.82) is 0 Å². The Morgan fingerprint density at radius 1 is 1.12 bits per heavy atom. The van der Waals surface area contributed by atoms with Gasteiger partial charge in [0.05, 0.1) is 11.9 Å². The Morgan fingerprint density at radius 2 is 1.79 bits per heavy atom. The summed E-state index contributed by atoms with van der Waals surface area (Å²) in [6, 6.07) is -0.115. The van der Waals surface area contributed by atoms with Gasteiger partial charge in [-0.1, -0.05) is 19.3 Å². The van der Waals surface area contributed by atoms with Crippen LogP contribution in [-0.2, 0) is 11.3 Å². The molecule has 3 amide bonds. The molecular weight excluding hydrogens is 306 g/mol. The first-order valence-corrected chi connectivity index (χ1v) is 9.04. The molecule has 0 atom stereocenters. The second-order valence-corrected chi connectivity index (χ2v) is 6.66. The van der Waals surface area contributed by atoms with Crippen molar-refractivity contribution >= 4 is 17.6 Å². The fraction of sp³-hybridized carbons (Fsp3) is 0.706. The molecule has 0 spiro atoms. The van der Waals surface area contributed by atoms with Crippen LogP contribution in [0, 0.1) is 5.92 Å². The van der Waals surface area contributed by atoms with Crippen molar-refractivity contribution in [2.45, 2.75) is 45.6 Å². The number of urea groups is 1. The van der Waals surface area contributed by atoms with Crippen LogP contribution in [0.2, 0.25) is 0 Å². The monoisotopic (exact) mass is 333 g/mol. The minimum absolute atomic E-state index is 0.115. The van der Waals surface area contributed by atoms with Crippen LogP contribution < -0.4 is 5.32 Å². The molecule has 0 unspecified atom stereocenters. The maximum atomic E-state index is 12.6. The van der Waals surface area contributed by atoms with E-state index in [1.54, 1.807) is 15.8 Å². The van der Waals surface area contributed by atoms with Gasteiger partial charge in [0.15, 0.2) is 0 Å². The van der Waals surface area contributed by atoms with Gasteiger partial charge >= 0.3 is 6.03 Å². The van der Waals surface area contributed by atoms with E-state index >= 15 is 0 Å². The van der Waals surface area contributed by atoms with E-state index in [9.17, 15) is 9.59 Å². The third kappa shape index (κ3) is 3.88. The molecule has 1 N–H and O–H groups in total. The number of carbonyl (C=O) groups excluding carboxylic acids is 2. The average Bonchev–Trinajstić information content (AvgIpc) is 3.09. The summed E-state index contributed by atoms with van der Waals surface area (Å²) in [6.45, 7) is 5.23. The summed E-state index contributed by atoms with van der Waals surface area (Å²) in [5.74, 6) is 0.498. The van der Waals surface area contributed by atoms with Crippen LogP contribution in [0.15, 0.2) is 12.4 Å². The molecular formula is C17H27N5O2. The van der Waals surface area contributed by atoms with Gasteiger partial charge in [0, 0.05) is 44.8 Å². The Kier molecular flexibility index (Phi) is 5.37. The minimum atomic E-state index is -0.115. The average molecular weight is 333 g/mol. The van der Waals surface area contributed by atoms with Crippen LogP contribution in [0.5, 0.6) is 0 Å². The van der Waals surface area contributed by atoms with E-state index in [4.69, 9.17) is 0 Å². The predicted molar refractivity (Wildman–Crippen MR) is 91.6 cm³/mol. The van der Waals surface area contributed by atoms with E-state index in [-0.39, 0.29) is 11.9 Å². The molecule has 1 aromatic rings. The molecule has 2 fully saturated rings. The van der Waals surface area contributed by atoms with Crippen molar-refractivity contribution in [2.75, 3.05) is 31.5 Å². The topological polar surface area (TPSA) is 70.5 Å². The number of hydrogen-bond donors (Lipinski definition) is 1. The summed E-state index contributed by atoms with van der Waals surface area (Å²) in [6.07, 6.45) is 9.13. The molecule has 1 aliphatic heterocycles. The first kappa shape index (κ1) is 16.8. The van der Waals surface area contributed by atoms with Crippen molar-refractivity contribution in [2.24, 2.45) is 5.92 Å². The summed E-state index contributed by atoms with van der Waals surface area (Å²) in [7, 11) is 0. The summed E-state index contributed by atoms with van der Waals surface area (Å²) in [5.41, 5.74) is 0.711. The lowest BCUT2D eigenvalue weighted by Gasteiger charge is -2.37. The van der Waals surface area contributed by atoms with Crippen molar-refractivity contribution in [3.05, 3.63) is 12.4 Å². The van der Waals surface area contributed by atoms with Crippen molar-refractivity contribution in [3.63, 3.8) is 0 Å². The van der Waals surface area contributed by atoms with Crippen LogP contribution in [0.1, 0.15) is 39.0 Å². The Labute approximate surface area is 143 Å². The lowest BCUT2D eigenvalue weighted by molar-refractivity contribution is -0.137. The van der Waals surface area contributed by atoms with Gasteiger partial charge < -0.3 is 15.1 Å². The number of aromatic nitrogens is 2. The predicted octanol–water partition coefficient (Wildman–Crippen LogP) is 2.16. The summed E-state index contributed by atoms with van der Waals surface area (Å²) in [5, 5.41) is 7.02. The van der Waals surface area contributed by atoms with Crippen molar-refractivity contribution < 1.29 is 9.59 Å². The number of nitrogens with zero attached hydrogens (tertiary/aromatic N) is 4. The molecule has 24 heavy (non-hydrogen) atoms. The van der Waals surface area contributed by atoms with E-state index in [2.05, 4.69) is 10.4 Å². The Balaban J connectivity index is 1.47. The van der Waals surface area contributed by atoms with E-state index in [0.29, 0.717) is 37.8 Å². The molecule has 7 nitrogen and oxygen atoms in total. The van der Waals surface area contributed by atoms with E-state index in [1.807, 2.05) is 18.0 Å². The lowest BCUT2D eigenvalue weighted by Crippen LogP contribution is -2.53. The summed E-state index contributed by atoms with van der Waals surface area (Å²) in [4.78, 5) is 28.6. The Morgan fingerprint density at radius 3 is 2.42 bits per heavy atom. The zero-order valence-electron chi connectivity index (χ0n) is 14.4. The zero-order valence-corrected chi connectivity index (χ0v) is 14.4. The maximum absolute atomic E-state index is 12.6. The second kappa shape index (κ2) is 7.68. The number of aryl methyl sites for hydroxylation is 1. The summed E-state index contributed by atoms with van der Waals surface area (Å²) < 4.78 is 1.77. The third-order valence-electron chi connectivity index (χ3n) is 5.04. The molecule has 7 heteroatoms. The first-order chi connectivity index (χ1) is 11.7. The van der Waals surface area contributed by atoms with Gasteiger partial charge in [0.1, 0.15) is 0 Å². The van der Waals surface area contributed by atoms with Gasteiger partial charge in [-0.3, -0.25) is 9.48 Å². The van der Waals surface area contributed by atoms with Gasteiger partial charge in [0.2, 0.25) is 5.91 Å². The third-order valence-corrected chi connectivity index (χ3v) is 5.04. The highest BCUT2D eigenvalue weighted by Gasteiger charge is 2.29. The SMILES string of the molecule is CCn1cc(NC(=O)N2CCN(C(=O)C3CCCCC3)CC2)cn1. The van der Waals surface area contributed by atoms with Crippen LogP contribution in [0.3, 0.4) is 0 Å². The molecule has 0 radical (unpaired) electrons. The fourth-order valence-electron chi connectivity index (χ4n) is 3.54. The van der Waals surface area contributed by atoms with Crippen LogP contribution >= 0.6 is 0 Å². The highest BCUT2D eigenvalue weighted by atomic mass is 16.2. The van der Waals surface area contributed by atoms with Crippen LogP contribution in [-0.4, -0.2) is 57.7 Å². The highest BCUT2D eigenvalue weighted by molar-refractivity contribution is 5.89. The number of amides is 3. The maximum Gasteiger partial charge on any atom is 0.322 e. The van der Waals surface area contributed by atoms with Gasteiger partial charge in [-0.2, -0.15) is 5.10 Å². The van der Waals surface area contributed by atoms with Gasteiger partial charge in [0.25, 0.3) is 0 Å². The second-order valence-electron chi connectivity index (χ2n) is 6.66. The largest absolute Gasteiger partial charge is 0.339 e. The molecule has 0 aromatic carbocycles. The quantitative estimate of drug-likeness (QED) is 0.921. The van der Waals surface area contributed by atoms with Crippen molar-refractivity contribution in [3.8, 4) is 0 Å². The zero-order chi connectivity index (χ0) is 16.9. The number of rotatable bonds is 3. The molecule has 3 rings (SSSR count). The number of anilines is 1. The highest BCUT2D eigenvalue weighted by Crippen LogP contribution is 2.25. The molecule has 1 saturated carbocycles. The number of nitrogens with one attached hydrogen (secondary N) is 1. The van der Waals surface area contributed by atoms with Crippen LogP contribution in [0.4, 0.5) is 10.5 Å². The van der Waals surface area contributed by atoms with E-state index in [1.165, 1.54) is 19.3 Å². The molecule has 132 valence electrons. The molecule has 1 aromatic heterocycles. The van der Waals surface area contributed by atoms with Crippen molar-refractivity contribution in [1.82, 2.24) is 19.6 Å². The van der Waals surface area contributed by atoms with Gasteiger partial charge in [-0.25, -0.2) is 4.79 Å². The minimum Gasteiger partial charge on any atom is -0.339 e. The lowest BCUT2D eigenvalue weighted by atomic mass is 9.88. The smallest absolute Gasteiger partial charge is 0.322 e. The van der Waals surface area contributed by atoms with E-state index < -0.39 is 0 Å². The molecule has 0 bridgehead atoms. The standard InChI is InChI=1S/C17H27N5O2/c1-2-22-13-15(12-18-22)19-17(24)21-10-8-20(9-11-21)16(23)14-6-4-3-5-7-14/h12-14H,2-11H2,1H3,(H,19,24). The van der Waals surface area contributed by atoms with E-state index in [0.717, 1.165) is 19.4 Å². The number of piperazine rings is 1. The normalized spacial score (nSPS) is 19.4. The Bertz CT molecular complexity index is 571. The van der Waals surface area contributed by atoms with Crippen LogP contribution in [0.25, 0.3) is 0 Å². The molecule has 2 aliphatic rings. The number of carbonyl (C=O) groups is 2. The molecule has 1 saturated heterocycles. The first-order valence-electron chi connectivity index (χ1n) is 9.04. The van der Waals surface area contributed by atoms with Gasteiger partial charge in [-0.05, 0) is 19.8 Å². The molecule has 1 aliphatic carbocycles. The number of hydrogen-bond acceptors (Lipinski definition) is 3. The van der Waals surface area contributed by atoms with Gasteiger partial charge in [-0.15, -0.1) is 0 Å². The Hall–Kier alpha value is -2.05. The molecule has 2 heterocycles. The summed E-state index contributed by atoms with van der Waals surface area (Å²) >= 11 is 0.